The van der Waals surface area contributed by atoms with E-state index in [4.69, 9.17) is 4.74 Å². The van der Waals surface area contributed by atoms with Gasteiger partial charge in [0.2, 0.25) is 5.91 Å². The molecule has 0 aromatic carbocycles. The van der Waals surface area contributed by atoms with Crippen molar-refractivity contribution in [3.05, 3.63) is 36.6 Å². The number of hydrogen-bond acceptors (Lipinski definition) is 3. The highest BCUT2D eigenvalue weighted by molar-refractivity contribution is 5.86. The Morgan fingerprint density at radius 2 is 1.83 bits per heavy atom. The lowest BCUT2D eigenvalue weighted by atomic mass is 10.0. The van der Waals surface area contributed by atoms with Crippen LogP contribution in [0.3, 0.4) is 0 Å². The monoisotopic (exact) mass is 318 g/mol. The predicted molar refractivity (Wildman–Crippen MR) is 89.7 cm³/mol. The Morgan fingerprint density at radius 3 is 2.30 bits per heavy atom. The van der Waals surface area contributed by atoms with Gasteiger partial charge in [-0.05, 0) is 45.3 Å². The average Bonchev–Trinajstić information content (AvgIpc) is 2.81. The van der Waals surface area contributed by atoms with Gasteiger partial charge in [0.1, 0.15) is 5.60 Å². The number of nitrogens with zero attached hydrogens (tertiary/aromatic N) is 2. The van der Waals surface area contributed by atoms with Crippen LogP contribution in [-0.2, 0) is 9.53 Å². The summed E-state index contributed by atoms with van der Waals surface area (Å²) < 4.78 is 5.40. The van der Waals surface area contributed by atoms with E-state index >= 15 is 0 Å². The van der Waals surface area contributed by atoms with Crippen molar-refractivity contribution in [3.8, 4) is 0 Å². The van der Waals surface area contributed by atoms with E-state index in [1.165, 1.54) is 0 Å². The topological polar surface area (TPSA) is 49.9 Å². The summed E-state index contributed by atoms with van der Waals surface area (Å²) in [4.78, 5) is 28.0. The molecule has 0 unspecified atom stereocenters. The molecule has 0 radical (unpaired) electrons. The maximum Gasteiger partial charge on any atom is 0.410 e. The Kier molecular flexibility index (Phi) is 4.97. The number of piperidine rings is 1. The van der Waals surface area contributed by atoms with Crippen LogP contribution in [0, 0.1) is 0 Å². The van der Waals surface area contributed by atoms with Crippen molar-refractivity contribution >= 4 is 12.0 Å². The second-order valence-corrected chi connectivity index (χ2v) is 6.96. The molecule has 2 aliphatic heterocycles. The highest BCUT2D eigenvalue weighted by atomic mass is 16.6. The predicted octanol–water partition coefficient (Wildman–Crippen LogP) is 3.24. The van der Waals surface area contributed by atoms with Crippen molar-refractivity contribution in [2.24, 2.45) is 0 Å². The molecule has 126 valence electrons. The molecule has 2 rings (SSSR count). The minimum Gasteiger partial charge on any atom is -0.444 e. The Labute approximate surface area is 138 Å². The zero-order valence-electron chi connectivity index (χ0n) is 14.3. The Balaban J connectivity index is 2.00. The number of allylic oxidation sites excluding steroid dienone is 2. The van der Waals surface area contributed by atoms with Crippen molar-refractivity contribution in [3.63, 3.8) is 0 Å². The molecule has 0 bridgehead atoms. The van der Waals surface area contributed by atoms with Crippen molar-refractivity contribution in [1.82, 2.24) is 9.80 Å². The molecule has 5 nitrogen and oxygen atoms in total. The van der Waals surface area contributed by atoms with Gasteiger partial charge in [-0.2, -0.15) is 0 Å². The largest absolute Gasteiger partial charge is 0.444 e. The molecule has 0 aromatic heterocycles. The Bertz CT molecular complexity index is 549. The standard InChI is InChI=1S/C18H26N2O3/c1-6-13-12-16(21)20(15(13)7-2)14-8-10-19(11-9-14)17(22)23-18(3,4)5/h6-7,14H,1-2,8-12H2,3-5H3. The van der Waals surface area contributed by atoms with E-state index in [1.807, 2.05) is 25.7 Å². The summed E-state index contributed by atoms with van der Waals surface area (Å²) in [5.74, 6) is 0.0884. The van der Waals surface area contributed by atoms with E-state index in [0.717, 1.165) is 24.1 Å². The van der Waals surface area contributed by atoms with Gasteiger partial charge in [0.05, 0.1) is 6.42 Å². The summed E-state index contributed by atoms with van der Waals surface area (Å²) in [6.45, 7) is 14.4. The van der Waals surface area contributed by atoms with Gasteiger partial charge in [-0.3, -0.25) is 4.79 Å². The first kappa shape index (κ1) is 17.3. The van der Waals surface area contributed by atoms with Gasteiger partial charge in [0.15, 0.2) is 0 Å². The lowest BCUT2D eigenvalue weighted by Gasteiger charge is -2.37. The maximum atomic E-state index is 12.3. The van der Waals surface area contributed by atoms with Crippen molar-refractivity contribution in [2.45, 2.75) is 51.7 Å². The molecular formula is C18H26N2O3. The molecule has 5 heteroatoms. The number of amides is 2. The second kappa shape index (κ2) is 6.60. The third-order valence-corrected chi connectivity index (χ3v) is 4.12. The first-order valence-electron chi connectivity index (χ1n) is 8.05. The number of ether oxygens (including phenoxy) is 1. The zero-order chi connectivity index (χ0) is 17.2. The molecule has 2 aliphatic rings. The summed E-state index contributed by atoms with van der Waals surface area (Å²) >= 11 is 0. The van der Waals surface area contributed by atoms with Crippen LogP contribution in [0.4, 0.5) is 4.79 Å². The normalized spacial score (nSPS) is 20.0. The molecule has 23 heavy (non-hydrogen) atoms. The first-order valence-corrected chi connectivity index (χ1v) is 8.05. The van der Waals surface area contributed by atoms with Crippen molar-refractivity contribution in [2.75, 3.05) is 13.1 Å². The Hall–Kier alpha value is -2.04. The van der Waals surface area contributed by atoms with E-state index in [9.17, 15) is 9.59 Å². The quantitative estimate of drug-likeness (QED) is 0.802. The van der Waals surface area contributed by atoms with Gasteiger partial charge in [0.25, 0.3) is 0 Å². The smallest absolute Gasteiger partial charge is 0.410 e. The molecule has 0 aliphatic carbocycles. The molecule has 0 N–H and O–H groups in total. The third-order valence-electron chi connectivity index (χ3n) is 4.12. The highest BCUT2D eigenvalue weighted by Crippen LogP contribution is 2.31. The molecule has 0 atom stereocenters. The van der Waals surface area contributed by atoms with E-state index in [0.29, 0.717) is 19.5 Å². The van der Waals surface area contributed by atoms with E-state index < -0.39 is 5.60 Å². The number of hydrogen-bond donors (Lipinski definition) is 0. The molecule has 2 amide bonds. The molecule has 2 heterocycles. The van der Waals surface area contributed by atoms with Gasteiger partial charge in [-0.15, -0.1) is 0 Å². The number of rotatable bonds is 3. The minimum atomic E-state index is -0.490. The number of carbonyl (C=O) groups is 2. The van der Waals surface area contributed by atoms with Crippen LogP contribution in [0.5, 0.6) is 0 Å². The average molecular weight is 318 g/mol. The minimum absolute atomic E-state index is 0.0884. The second-order valence-electron chi connectivity index (χ2n) is 6.96. The SMILES string of the molecule is C=CC1=C(C=C)N(C2CCN(C(=O)OC(C)(C)C)CC2)C(=O)C1. The maximum absolute atomic E-state index is 12.3. The summed E-state index contributed by atoms with van der Waals surface area (Å²) in [6.07, 6.45) is 5.04. The van der Waals surface area contributed by atoms with E-state index in [1.54, 1.807) is 17.1 Å². The van der Waals surface area contributed by atoms with Gasteiger partial charge in [-0.25, -0.2) is 4.79 Å². The van der Waals surface area contributed by atoms with E-state index in [-0.39, 0.29) is 18.0 Å². The Morgan fingerprint density at radius 1 is 1.22 bits per heavy atom. The van der Waals surface area contributed by atoms with Crippen LogP contribution in [0.1, 0.15) is 40.0 Å². The summed E-state index contributed by atoms with van der Waals surface area (Å²) in [6, 6.07) is 0.103. The van der Waals surface area contributed by atoms with Gasteiger partial charge >= 0.3 is 6.09 Å². The highest BCUT2D eigenvalue weighted by Gasteiger charge is 2.36. The fraction of sp³-hybridized carbons (Fsp3) is 0.556. The fourth-order valence-electron chi connectivity index (χ4n) is 3.07. The molecule has 0 spiro atoms. The molecule has 0 saturated carbocycles. The van der Waals surface area contributed by atoms with Crippen LogP contribution in [0.15, 0.2) is 36.6 Å². The lowest BCUT2D eigenvalue weighted by molar-refractivity contribution is -0.129. The van der Waals surface area contributed by atoms with Crippen LogP contribution >= 0.6 is 0 Å². The van der Waals surface area contributed by atoms with Gasteiger partial charge in [0, 0.05) is 24.8 Å². The zero-order valence-corrected chi connectivity index (χ0v) is 14.3. The van der Waals surface area contributed by atoms with Gasteiger partial charge in [-0.1, -0.05) is 19.2 Å². The van der Waals surface area contributed by atoms with E-state index in [2.05, 4.69) is 13.2 Å². The van der Waals surface area contributed by atoms with Crippen LogP contribution < -0.4 is 0 Å². The van der Waals surface area contributed by atoms with Crippen molar-refractivity contribution in [1.29, 1.82) is 0 Å². The molecule has 1 saturated heterocycles. The summed E-state index contributed by atoms with van der Waals surface area (Å²) in [7, 11) is 0. The van der Waals surface area contributed by atoms with Gasteiger partial charge < -0.3 is 14.5 Å². The van der Waals surface area contributed by atoms with Crippen LogP contribution in [-0.4, -0.2) is 46.5 Å². The first-order chi connectivity index (χ1) is 10.8. The molecular weight excluding hydrogens is 292 g/mol. The van der Waals surface area contributed by atoms with Crippen LogP contribution in [0.2, 0.25) is 0 Å². The fourth-order valence-corrected chi connectivity index (χ4v) is 3.07. The number of likely N-dealkylation sites (tertiary alicyclic amines) is 1. The van der Waals surface area contributed by atoms with Crippen molar-refractivity contribution < 1.29 is 14.3 Å². The lowest BCUT2D eigenvalue weighted by Crippen LogP contribution is -2.48. The molecule has 1 fully saturated rings. The van der Waals surface area contributed by atoms with Crippen LogP contribution in [0.25, 0.3) is 0 Å². The molecule has 0 aromatic rings. The third kappa shape index (κ3) is 3.84. The number of carbonyl (C=O) groups excluding carboxylic acids is 2. The summed E-state index contributed by atoms with van der Waals surface area (Å²) in [5.41, 5.74) is 1.30. The summed E-state index contributed by atoms with van der Waals surface area (Å²) in [5, 5.41) is 0.